The molecule has 1 atom stereocenters. The number of halogens is 1. The van der Waals surface area contributed by atoms with Crippen LogP contribution < -0.4 is 5.32 Å². The lowest BCUT2D eigenvalue weighted by atomic mass is 9.95. The molecule has 1 unspecified atom stereocenters. The van der Waals surface area contributed by atoms with Crippen molar-refractivity contribution in [1.29, 1.82) is 0 Å². The minimum Gasteiger partial charge on any atom is -0.396 e. The Hall–Kier alpha value is -1.42. The fraction of sp³-hybridized carbons (Fsp3) is 0.417. The molecule has 1 heterocycles. The van der Waals surface area contributed by atoms with Gasteiger partial charge in [-0.25, -0.2) is 4.39 Å². The zero-order valence-electron chi connectivity index (χ0n) is 8.87. The highest BCUT2D eigenvalue weighted by Crippen LogP contribution is 2.35. The molecule has 1 amide bonds. The molecule has 2 rings (SSSR count). The maximum absolute atomic E-state index is 13.1. The number of nitrogens with one attached hydrogen (secondary N) is 1. The molecule has 0 saturated carbocycles. The fourth-order valence-corrected chi connectivity index (χ4v) is 2.04. The molecule has 1 aromatic rings. The van der Waals surface area contributed by atoms with Gasteiger partial charge in [0.15, 0.2) is 0 Å². The Bertz CT molecular complexity index is 406. The van der Waals surface area contributed by atoms with Gasteiger partial charge in [-0.15, -0.1) is 0 Å². The topological polar surface area (TPSA) is 49.3 Å². The van der Waals surface area contributed by atoms with Crippen LogP contribution in [0.25, 0.3) is 0 Å². The average Bonchev–Trinajstić information content (AvgIpc) is 2.56. The van der Waals surface area contributed by atoms with E-state index in [0.717, 1.165) is 12.0 Å². The quantitative estimate of drug-likeness (QED) is 0.767. The number of carbonyl (C=O) groups is 1. The summed E-state index contributed by atoms with van der Waals surface area (Å²) in [6, 6.07) is 4.35. The van der Waals surface area contributed by atoms with Crippen molar-refractivity contribution in [3.05, 3.63) is 29.6 Å². The van der Waals surface area contributed by atoms with Crippen LogP contribution in [0.5, 0.6) is 0 Å². The maximum atomic E-state index is 13.1. The van der Waals surface area contributed by atoms with E-state index >= 15 is 0 Å². The van der Waals surface area contributed by atoms with Crippen LogP contribution in [0, 0.1) is 5.82 Å². The Morgan fingerprint density at radius 2 is 2.19 bits per heavy atom. The lowest BCUT2D eigenvalue weighted by molar-refractivity contribution is -0.117. The smallest absolute Gasteiger partial charge is 0.232 e. The van der Waals surface area contributed by atoms with Gasteiger partial charge >= 0.3 is 0 Å². The summed E-state index contributed by atoms with van der Waals surface area (Å²) in [4.78, 5) is 11.6. The van der Waals surface area contributed by atoms with E-state index in [1.807, 2.05) is 0 Å². The summed E-state index contributed by atoms with van der Waals surface area (Å²) >= 11 is 0. The first kappa shape index (κ1) is 11.1. The molecule has 0 bridgehead atoms. The highest BCUT2D eigenvalue weighted by atomic mass is 19.1. The number of amides is 1. The van der Waals surface area contributed by atoms with Crippen molar-refractivity contribution in [2.45, 2.75) is 25.2 Å². The molecule has 0 aromatic heterocycles. The van der Waals surface area contributed by atoms with Crippen LogP contribution in [-0.2, 0) is 4.79 Å². The van der Waals surface area contributed by atoms with Crippen molar-refractivity contribution >= 4 is 11.6 Å². The molecule has 4 heteroatoms. The summed E-state index contributed by atoms with van der Waals surface area (Å²) in [5.74, 6) is -0.654. The van der Waals surface area contributed by atoms with E-state index in [-0.39, 0.29) is 24.2 Å². The van der Waals surface area contributed by atoms with Gasteiger partial charge in [-0.1, -0.05) is 6.42 Å². The van der Waals surface area contributed by atoms with Gasteiger partial charge in [0.2, 0.25) is 5.91 Å². The van der Waals surface area contributed by atoms with Crippen LogP contribution in [0.1, 0.15) is 30.7 Å². The van der Waals surface area contributed by atoms with Gasteiger partial charge in [-0.2, -0.15) is 0 Å². The summed E-state index contributed by atoms with van der Waals surface area (Å²) in [6.45, 7) is 0.129. The van der Waals surface area contributed by atoms with Crippen molar-refractivity contribution in [1.82, 2.24) is 0 Å². The Morgan fingerprint density at radius 1 is 1.38 bits per heavy atom. The van der Waals surface area contributed by atoms with Gasteiger partial charge in [0.25, 0.3) is 0 Å². The molecule has 0 aliphatic carbocycles. The Balaban J connectivity index is 2.15. The molecule has 0 saturated heterocycles. The number of hydrogen-bond donors (Lipinski definition) is 2. The average molecular weight is 223 g/mol. The third kappa shape index (κ3) is 2.07. The largest absolute Gasteiger partial charge is 0.396 e. The molecule has 0 fully saturated rings. The zero-order chi connectivity index (χ0) is 11.5. The van der Waals surface area contributed by atoms with E-state index in [1.54, 1.807) is 6.07 Å². The Labute approximate surface area is 93.3 Å². The van der Waals surface area contributed by atoms with Crippen LogP contribution >= 0.6 is 0 Å². The van der Waals surface area contributed by atoms with E-state index in [4.69, 9.17) is 5.11 Å². The molecule has 1 aromatic carbocycles. The van der Waals surface area contributed by atoms with Gasteiger partial charge in [0.1, 0.15) is 5.82 Å². The molecule has 2 N–H and O–H groups in total. The van der Waals surface area contributed by atoms with E-state index < -0.39 is 0 Å². The van der Waals surface area contributed by atoms with Crippen LogP contribution in [0.3, 0.4) is 0 Å². The van der Waals surface area contributed by atoms with Gasteiger partial charge in [-0.3, -0.25) is 4.79 Å². The zero-order valence-corrected chi connectivity index (χ0v) is 8.87. The number of aliphatic hydroxyl groups is 1. The van der Waals surface area contributed by atoms with Gasteiger partial charge in [0.05, 0.1) is 5.92 Å². The second-order valence-corrected chi connectivity index (χ2v) is 3.99. The molecule has 0 radical (unpaired) electrons. The highest BCUT2D eigenvalue weighted by molar-refractivity contribution is 6.02. The van der Waals surface area contributed by atoms with Crippen LogP contribution in [-0.4, -0.2) is 17.6 Å². The molecule has 1 aliphatic rings. The number of aliphatic hydroxyl groups excluding tert-OH is 1. The van der Waals surface area contributed by atoms with Crippen molar-refractivity contribution in [3.8, 4) is 0 Å². The molecular formula is C12H14FNO2. The number of unbranched alkanes of at least 4 members (excludes halogenated alkanes) is 1. The van der Waals surface area contributed by atoms with E-state index in [0.29, 0.717) is 18.5 Å². The molecule has 86 valence electrons. The third-order valence-electron chi connectivity index (χ3n) is 2.86. The van der Waals surface area contributed by atoms with Crippen molar-refractivity contribution in [2.75, 3.05) is 11.9 Å². The van der Waals surface area contributed by atoms with E-state index in [9.17, 15) is 9.18 Å². The molecule has 16 heavy (non-hydrogen) atoms. The summed E-state index contributed by atoms with van der Waals surface area (Å²) < 4.78 is 13.1. The molecule has 3 nitrogen and oxygen atoms in total. The monoisotopic (exact) mass is 223 g/mol. The fourth-order valence-electron chi connectivity index (χ4n) is 2.04. The number of benzene rings is 1. The Kier molecular flexibility index (Phi) is 3.19. The van der Waals surface area contributed by atoms with Crippen molar-refractivity contribution < 1.29 is 14.3 Å². The molecular weight excluding hydrogens is 209 g/mol. The van der Waals surface area contributed by atoms with Crippen molar-refractivity contribution in [2.24, 2.45) is 0 Å². The number of fused-ring (bicyclic) bond motifs is 1. The lowest BCUT2D eigenvalue weighted by Gasteiger charge is -2.07. The number of rotatable bonds is 4. The summed E-state index contributed by atoms with van der Waals surface area (Å²) in [5.41, 5.74) is 1.45. The lowest BCUT2D eigenvalue weighted by Crippen LogP contribution is -2.12. The minimum atomic E-state index is -0.317. The van der Waals surface area contributed by atoms with Gasteiger partial charge in [0, 0.05) is 12.3 Å². The van der Waals surface area contributed by atoms with Gasteiger partial charge < -0.3 is 10.4 Å². The van der Waals surface area contributed by atoms with E-state index in [2.05, 4.69) is 5.32 Å². The first-order chi connectivity index (χ1) is 7.72. The first-order valence-corrected chi connectivity index (χ1v) is 5.43. The van der Waals surface area contributed by atoms with Crippen LogP contribution in [0.15, 0.2) is 18.2 Å². The number of anilines is 1. The van der Waals surface area contributed by atoms with Crippen molar-refractivity contribution in [3.63, 3.8) is 0 Å². The first-order valence-electron chi connectivity index (χ1n) is 5.43. The molecule has 0 spiro atoms. The number of carbonyl (C=O) groups excluding carboxylic acids is 1. The minimum absolute atomic E-state index is 0.0708. The predicted molar refractivity (Wildman–Crippen MR) is 58.7 cm³/mol. The van der Waals surface area contributed by atoms with Crippen LogP contribution in [0.2, 0.25) is 0 Å². The highest BCUT2D eigenvalue weighted by Gasteiger charge is 2.29. The third-order valence-corrected chi connectivity index (χ3v) is 2.86. The normalized spacial score (nSPS) is 18.4. The second kappa shape index (κ2) is 4.61. The Morgan fingerprint density at radius 3 is 2.94 bits per heavy atom. The second-order valence-electron chi connectivity index (χ2n) is 3.99. The summed E-state index contributed by atoms with van der Waals surface area (Å²) in [7, 11) is 0. The standard InChI is InChI=1S/C12H14FNO2/c13-8-4-5-11-10(7-8)9(12(16)14-11)3-1-2-6-15/h4-5,7,9,15H,1-3,6H2,(H,14,16). The predicted octanol–water partition coefficient (Wildman–Crippen LogP) is 2.02. The van der Waals surface area contributed by atoms with Gasteiger partial charge in [-0.05, 0) is 36.6 Å². The SMILES string of the molecule is O=C1Nc2ccc(F)cc2C1CCCCO. The van der Waals surface area contributed by atoms with Crippen LogP contribution in [0.4, 0.5) is 10.1 Å². The summed E-state index contributed by atoms with van der Waals surface area (Å²) in [6.07, 6.45) is 2.10. The summed E-state index contributed by atoms with van der Waals surface area (Å²) in [5, 5.41) is 11.4. The maximum Gasteiger partial charge on any atom is 0.232 e. The van der Waals surface area contributed by atoms with E-state index in [1.165, 1.54) is 12.1 Å². The molecule has 1 aliphatic heterocycles. The number of hydrogen-bond acceptors (Lipinski definition) is 2.